The minimum absolute atomic E-state index is 0.132. The van der Waals surface area contributed by atoms with Gasteiger partial charge in [-0.1, -0.05) is 35.9 Å². The number of benzene rings is 2. The third-order valence-corrected chi connectivity index (χ3v) is 3.98. The first kappa shape index (κ1) is 20.9. The molecule has 0 spiro atoms. The van der Waals surface area contributed by atoms with Crippen LogP contribution in [0.4, 0.5) is 4.79 Å². The van der Waals surface area contributed by atoms with Crippen molar-refractivity contribution in [3.8, 4) is 11.5 Å². The lowest BCUT2D eigenvalue weighted by molar-refractivity contribution is 0.0204. The second-order valence-corrected chi connectivity index (χ2v) is 7.66. The van der Waals surface area contributed by atoms with Crippen molar-refractivity contribution in [3.05, 3.63) is 59.7 Å². The van der Waals surface area contributed by atoms with E-state index in [0.29, 0.717) is 17.9 Å². The van der Waals surface area contributed by atoms with Gasteiger partial charge in [-0.15, -0.1) is 0 Å². The molecule has 2 aromatic rings. The Bertz CT molecular complexity index is 780. The van der Waals surface area contributed by atoms with Gasteiger partial charge >= 0.3 is 17.5 Å². The smallest absolute Gasteiger partial charge is 0.428 e. The van der Waals surface area contributed by atoms with Gasteiger partial charge in [0.2, 0.25) is 0 Å². The zero-order valence-electron chi connectivity index (χ0n) is 15.9. The molecule has 0 saturated heterocycles. The minimum atomic E-state index is -1.91. The predicted octanol–water partition coefficient (Wildman–Crippen LogP) is 4.53. The van der Waals surface area contributed by atoms with E-state index in [9.17, 15) is 9.00 Å². The molecule has 0 radical (unpaired) electrons. The molecule has 0 fully saturated rings. The van der Waals surface area contributed by atoms with Crippen LogP contribution in [0.1, 0.15) is 31.9 Å². The van der Waals surface area contributed by atoms with Crippen molar-refractivity contribution in [3.63, 3.8) is 0 Å². The minimum Gasteiger partial charge on any atom is -0.428 e. The first-order chi connectivity index (χ1) is 12.7. The van der Waals surface area contributed by atoms with Crippen LogP contribution in [0.5, 0.6) is 11.5 Å². The summed E-state index contributed by atoms with van der Waals surface area (Å²) in [7, 11) is 0. The molecule has 1 unspecified atom stereocenters. The third-order valence-electron chi connectivity index (χ3n) is 3.29. The monoisotopic (exact) mass is 392 g/mol. The van der Waals surface area contributed by atoms with E-state index in [-0.39, 0.29) is 6.61 Å². The lowest BCUT2D eigenvalue weighted by Crippen LogP contribution is -2.26. The highest BCUT2D eigenvalue weighted by Gasteiger charge is 2.19. The number of carbonyl (C=O) groups excluding carboxylic acids is 1. The van der Waals surface area contributed by atoms with Crippen molar-refractivity contribution in [2.45, 2.75) is 39.7 Å². The summed E-state index contributed by atoms with van der Waals surface area (Å²) in [6.07, 6.45) is -0.385. The van der Waals surface area contributed by atoms with Crippen LogP contribution in [0.25, 0.3) is 0 Å². The molecule has 0 aliphatic carbocycles. The molecule has 0 saturated carbocycles. The van der Waals surface area contributed by atoms with Crippen LogP contribution in [-0.2, 0) is 26.7 Å². The molecule has 0 aliphatic rings. The van der Waals surface area contributed by atoms with Gasteiger partial charge in [0.15, 0.2) is 0 Å². The molecule has 0 heterocycles. The molecule has 0 bridgehead atoms. The molecule has 0 aliphatic heterocycles. The van der Waals surface area contributed by atoms with Crippen LogP contribution in [0.2, 0.25) is 0 Å². The molecule has 146 valence electrons. The largest absolute Gasteiger partial charge is 0.514 e. The summed E-state index contributed by atoms with van der Waals surface area (Å²) in [5.74, 6) is 0.841. The Kier molecular flexibility index (Phi) is 7.38. The normalized spacial score (nSPS) is 12.3. The molecule has 27 heavy (non-hydrogen) atoms. The van der Waals surface area contributed by atoms with E-state index in [1.54, 1.807) is 51.1 Å². The fourth-order valence-electron chi connectivity index (χ4n) is 2.09. The fourth-order valence-corrected chi connectivity index (χ4v) is 2.62. The van der Waals surface area contributed by atoms with Crippen molar-refractivity contribution in [2.24, 2.45) is 0 Å². The second kappa shape index (κ2) is 9.53. The van der Waals surface area contributed by atoms with Crippen molar-refractivity contribution in [2.75, 3.05) is 6.61 Å². The molecule has 2 aromatic carbocycles. The molecule has 2 rings (SSSR count). The van der Waals surface area contributed by atoms with Crippen LogP contribution >= 0.6 is 0 Å². The first-order valence-electron chi connectivity index (χ1n) is 8.52. The molecule has 0 aromatic heterocycles. The van der Waals surface area contributed by atoms with Gasteiger partial charge in [-0.2, -0.15) is 4.21 Å². The van der Waals surface area contributed by atoms with Gasteiger partial charge in [0.25, 0.3) is 0 Å². The molecule has 0 amide bonds. The van der Waals surface area contributed by atoms with E-state index >= 15 is 0 Å². The summed E-state index contributed by atoms with van der Waals surface area (Å²) in [5, 5.41) is 0. The Balaban J connectivity index is 1.86. The lowest BCUT2D eigenvalue weighted by atomic mass is 10.1. The Hall–Kier alpha value is -2.38. The SMILES string of the molecule is Cc1ccc(OS(=O)OCCc2ccccc2OC(=O)OC(C)(C)C)cc1. The molecular weight excluding hydrogens is 368 g/mol. The maximum Gasteiger partial charge on any atom is 0.514 e. The Morgan fingerprint density at radius 3 is 2.37 bits per heavy atom. The molecular formula is C20H24O6S. The quantitative estimate of drug-likeness (QED) is 0.509. The topological polar surface area (TPSA) is 71.1 Å². The van der Waals surface area contributed by atoms with Crippen LogP contribution in [0.15, 0.2) is 48.5 Å². The number of rotatable bonds is 7. The number of aryl methyl sites for hydroxylation is 1. The lowest BCUT2D eigenvalue weighted by Gasteiger charge is -2.19. The van der Waals surface area contributed by atoms with E-state index in [1.165, 1.54) is 0 Å². The average molecular weight is 392 g/mol. The standard InChI is InChI=1S/C20H24O6S/c1-15-9-11-17(12-10-15)26-27(22)23-14-13-16-7-5-6-8-18(16)24-19(21)25-20(2,3)4/h5-12H,13-14H2,1-4H3. The van der Waals surface area contributed by atoms with Gasteiger partial charge in [0.1, 0.15) is 17.1 Å². The van der Waals surface area contributed by atoms with Gasteiger partial charge in [-0.25, -0.2) is 4.79 Å². The number of para-hydroxylation sites is 1. The van der Waals surface area contributed by atoms with Crippen molar-refractivity contribution in [1.82, 2.24) is 0 Å². The van der Waals surface area contributed by atoms with Gasteiger partial charge in [-0.3, -0.25) is 4.18 Å². The molecule has 7 heteroatoms. The number of carbonyl (C=O) groups is 1. The summed E-state index contributed by atoms with van der Waals surface area (Å²) >= 11 is -1.91. The Morgan fingerprint density at radius 1 is 1.04 bits per heavy atom. The molecule has 0 N–H and O–H groups in total. The zero-order valence-corrected chi connectivity index (χ0v) is 16.7. The molecule has 1 atom stereocenters. The van der Waals surface area contributed by atoms with E-state index in [2.05, 4.69) is 0 Å². The summed E-state index contributed by atoms with van der Waals surface area (Å²) < 4.78 is 32.7. The van der Waals surface area contributed by atoms with Crippen molar-refractivity contribution < 1.29 is 26.8 Å². The zero-order chi connectivity index (χ0) is 19.9. The van der Waals surface area contributed by atoms with Crippen LogP contribution in [0, 0.1) is 6.92 Å². The fraction of sp³-hybridized carbons (Fsp3) is 0.350. The van der Waals surface area contributed by atoms with Crippen molar-refractivity contribution in [1.29, 1.82) is 0 Å². The first-order valence-corrected chi connectivity index (χ1v) is 9.52. The highest BCUT2D eigenvalue weighted by molar-refractivity contribution is 7.75. The second-order valence-electron chi connectivity index (χ2n) is 6.85. The number of ether oxygens (including phenoxy) is 2. The Morgan fingerprint density at radius 2 is 1.70 bits per heavy atom. The highest BCUT2D eigenvalue weighted by Crippen LogP contribution is 2.21. The van der Waals surface area contributed by atoms with Crippen LogP contribution in [0.3, 0.4) is 0 Å². The predicted molar refractivity (Wildman–Crippen MR) is 103 cm³/mol. The van der Waals surface area contributed by atoms with E-state index in [4.69, 9.17) is 17.8 Å². The van der Waals surface area contributed by atoms with Gasteiger partial charge in [0.05, 0.1) is 6.61 Å². The number of hydrogen-bond donors (Lipinski definition) is 0. The van der Waals surface area contributed by atoms with Crippen molar-refractivity contribution >= 4 is 17.5 Å². The molecule has 6 nitrogen and oxygen atoms in total. The third kappa shape index (κ3) is 7.80. The maximum atomic E-state index is 11.9. The maximum absolute atomic E-state index is 11.9. The van der Waals surface area contributed by atoms with E-state index < -0.39 is 23.1 Å². The number of hydrogen-bond acceptors (Lipinski definition) is 6. The highest BCUT2D eigenvalue weighted by atomic mass is 32.2. The van der Waals surface area contributed by atoms with Gasteiger partial charge in [0, 0.05) is 6.42 Å². The summed E-state index contributed by atoms with van der Waals surface area (Å²) in [4.78, 5) is 11.8. The Labute approximate surface area is 162 Å². The van der Waals surface area contributed by atoms with Gasteiger partial charge < -0.3 is 13.7 Å². The van der Waals surface area contributed by atoms with E-state index in [0.717, 1.165) is 11.1 Å². The summed E-state index contributed by atoms with van der Waals surface area (Å²) in [6, 6.07) is 14.2. The average Bonchev–Trinajstić information content (AvgIpc) is 2.57. The van der Waals surface area contributed by atoms with Gasteiger partial charge in [-0.05, 0) is 51.5 Å². The van der Waals surface area contributed by atoms with E-state index in [1.807, 2.05) is 25.1 Å². The van der Waals surface area contributed by atoms with Crippen LogP contribution < -0.4 is 8.92 Å². The van der Waals surface area contributed by atoms with Crippen LogP contribution in [-0.4, -0.2) is 22.6 Å². The summed E-state index contributed by atoms with van der Waals surface area (Å²) in [6.45, 7) is 7.37. The summed E-state index contributed by atoms with van der Waals surface area (Å²) in [5.41, 5.74) is 1.17.